The SMILES string of the molecule is CC(=O)O[C@H]1[C@H](OC(C)=O)[C@@H]2O[C@@H](O[C@@H]2Sc2ccccc2)[C@@H]1OC(C)=O. The Bertz CT molecular complexity index is 709. The van der Waals surface area contributed by atoms with Crippen molar-refractivity contribution in [2.75, 3.05) is 0 Å². The Morgan fingerprint density at radius 1 is 0.815 bits per heavy atom. The summed E-state index contributed by atoms with van der Waals surface area (Å²) in [5, 5.41) is 0. The molecule has 1 aromatic carbocycles. The third kappa shape index (κ3) is 4.60. The molecule has 146 valence electrons. The van der Waals surface area contributed by atoms with E-state index in [1.165, 1.54) is 32.5 Å². The molecule has 2 fully saturated rings. The zero-order valence-electron chi connectivity index (χ0n) is 15.0. The number of ether oxygens (including phenoxy) is 5. The number of carbonyl (C=O) groups is 3. The molecule has 6 atom stereocenters. The molecule has 8 nitrogen and oxygen atoms in total. The van der Waals surface area contributed by atoms with Gasteiger partial charge < -0.3 is 23.7 Å². The lowest BCUT2D eigenvalue weighted by Gasteiger charge is -2.38. The average molecular weight is 396 g/mol. The molecule has 2 bridgehead atoms. The quantitative estimate of drug-likeness (QED) is 0.543. The van der Waals surface area contributed by atoms with Crippen molar-refractivity contribution in [3.8, 4) is 0 Å². The molecule has 0 aromatic heterocycles. The highest BCUT2D eigenvalue weighted by Crippen LogP contribution is 2.43. The summed E-state index contributed by atoms with van der Waals surface area (Å²) in [6, 6.07) is 9.48. The first-order valence-corrected chi connectivity index (χ1v) is 9.27. The molecule has 2 aliphatic rings. The van der Waals surface area contributed by atoms with Crippen LogP contribution in [0, 0.1) is 0 Å². The van der Waals surface area contributed by atoms with Crippen LogP contribution in [0.1, 0.15) is 20.8 Å². The van der Waals surface area contributed by atoms with Gasteiger partial charge in [0.2, 0.25) is 6.29 Å². The van der Waals surface area contributed by atoms with Gasteiger partial charge in [-0.15, -0.1) is 0 Å². The number of carbonyl (C=O) groups excluding carboxylic acids is 3. The summed E-state index contributed by atoms with van der Waals surface area (Å²) in [6.45, 7) is 3.69. The normalized spacial score (nSPS) is 31.8. The fraction of sp³-hybridized carbons (Fsp3) is 0.500. The van der Waals surface area contributed by atoms with E-state index in [1.54, 1.807) is 0 Å². The molecule has 0 amide bonds. The van der Waals surface area contributed by atoms with Crippen molar-refractivity contribution in [2.24, 2.45) is 0 Å². The van der Waals surface area contributed by atoms with Crippen LogP contribution in [0.4, 0.5) is 0 Å². The number of fused-ring (bicyclic) bond motifs is 2. The molecule has 2 saturated heterocycles. The van der Waals surface area contributed by atoms with Crippen molar-refractivity contribution in [2.45, 2.75) is 61.8 Å². The average Bonchev–Trinajstić information content (AvgIpc) is 2.95. The number of hydrogen-bond donors (Lipinski definition) is 0. The summed E-state index contributed by atoms with van der Waals surface area (Å²) in [4.78, 5) is 35.7. The highest BCUT2D eigenvalue weighted by molar-refractivity contribution is 7.99. The topological polar surface area (TPSA) is 97.4 Å². The van der Waals surface area contributed by atoms with E-state index in [9.17, 15) is 14.4 Å². The van der Waals surface area contributed by atoms with Crippen LogP contribution >= 0.6 is 11.8 Å². The van der Waals surface area contributed by atoms with Crippen LogP contribution in [0.25, 0.3) is 0 Å². The van der Waals surface area contributed by atoms with Gasteiger partial charge in [-0.1, -0.05) is 30.0 Å². The summed E-state index contributed by atoms with van der Waals surface area (Å²) in [5.74, 6) is -1.76. The summed E-state index contributed by atoms with van der Waals surface area (Å²) in [7, 11) is 0. The third-order valence-corrected chi connectivity index (χ3v) is 5.12. The molecule has 27 heavy (non-hydrogen) atoms. The first-order valence-electron chi connectivity index (χ1n) is 8.39. The molecule has 9 heteroatoms. The molecule has 2 aliphatic heterocycles. The second-order valence-electron chi connectivity index (χ2n) is 6.13. The van der Waals surface area contributed by atoms with Crippen molar-refractivity contribution in [1.82, 2.24) is 0 Å². The Kier molecular flexibility index (Phi) is 6.03. The summed E-state index contributed by atoms with van der Waals surface area (Å²) < 4.78 is 27.7. The van der Waals surface area contributed by atoms with Gasteiger partial charge in [0.25, 0.3) is 0 Å². The van der Waals surface area contributed by atoms with Crippen molar-refractivity contribution in [3.63, 3.8) is 0 Å². The van der Waals surface area contributed by atoms with E-state index in [2.05, 4.69) is 0 Å². The van der Waals surface area contributed by atoms with Crippen LogP contribution in [0.2, 0.25) is 0 Å². The van der Waals surface area contributed by atoms with Crippen molar-refractivity contribution < 1.29 is 38.1 Å². The van der Waals surface area contributed by atoms with Gasteiger partial charge in [0, 0.05) is 25.7 Å². The summed E-state index contributed by atoms with van der Waals surface area (Å²) >= 11 is 1.38. The van der Waals surface area contributed by atoms with E-state index < -0.39 is 54.0 Å². The van der Waals surface area contributed by atoms with E-state index in [4.69, 9.17) is 23.7 Å². The third-order valence-electron chi connectivity index (χ3n) is 3.97. The predicted molar refractivity (Wildman–Crippen MR) is 92.5 cm³/mol. The zero-order valence-corrected chi connectivity index (χ0v) is 15.8. The molecule has 0 aliphatic carbocycles. The molecule has 0 unspecified atom stereocenters. The number of esters is 3. The minimum Gasteiger partial charge on any atom is -0.455 e. The number of benzene rings is 1. The molecular formula is C18H20O8S. The van der Waals surface area contributed by atoms with Crippen molar-refractivity contribution in [1.29, 1.82) is 0 Å². The number of hydrogen-bond acceptors (Lipinski definition) is 9. The Hall–Kier alpha value is -2.10. The zero-order chi connectivity index (χ0) is 19.6. The van der Waals surface area contributed by atoms with E-state index in [1.807, 2.05) is 30.3 Å². The Labute approximate surface area is 160 Å². The predicted octanol–water partition coefficient (Wildman–Crippen LogP) is 1.65. The molecule has 1 aromatic rings. The second kappa shape index (κ2) is 8.28. The van der Waals surface area contributed by atoms with Crippen LogP contribution in [0.15, 0.2) is 35.2 Å². The number of thioether (sulfide) groups is 1. The standard InChI is InChI=1S/C18H20O8S/c1-9(19)22-13-14(23-10(2)20)16-18(27-12-7-5-4-6-8-12)26-17(25-16)15(13)24-11(3)21/h4-8,13-18H,1-3H3/t13-,14-,15+,16-,17-,18+/m0/s1. The van der Waals surface area contributed by atoms with E-state index in [0.29, 0.717) is 0 Å². The second-order valence-corrected chi connectivity index (χ2v) is 7.30. The fourth-order valence-corrected chi connectivity index (χ4v) is 4.17. The molecule has 0 saturated carbocycles. The first-order chi connectivity index (χ1) is 12.8. The highest BCUT2D eigenvalue weighted by atomic mass is 32.2. The maximum atomic E-state index is 11.6. The smallest absolute Gasteiger partial charge is 0.303 e. The molecule has 3 rings (SSSR count). The lowest BCUT2D eigenvalue weighted by Crippen LogP contribution is -2.58. The summed E-state index contributed by atoms with van der Waals surface area (Å²) in [5.41, 5.74) is -0.541. The molecule has 0 spiro atoms. The van der Waals surface area contributed by atoms with Gasteiger partial charge in [0.1, 0.15) is 11.5 Å². The molecular weight excluding hydrogens is 376 g/mol. The minimum absolute atomic E-state index is 0.541. The molecule has 0 N–H and O–H groups in total. The van der Waals surface area contributed by atoms with Gasteiger partial charge in [0.05, 0.1) is 0 Å². The summed E-state index contributed by atoms with van der Waals surface area (Å²) in [6.07, 6.45) is -4.68. The van der Waals surface area contributed by atoms with Gasteiger partial charge in [-0.25, -0.2) is 0 Å². The number of rotatable bonds is 5. The van der Waals surface area contributed by atoms with Crippen LogP contribution in [0.5, 0.6) is 0 Å². The van der Waals surface area contributed by atoms with Gasteiger partial charge in [0.15, 0.2) is 18.3 Å². The van der Waals surface area contributed by atoms with Crippen LogP contribution < -0.4 is 0 Å². The van der Waals surface area contributed by atoms with Gasteiger partial charge >= 0.3 is 17.9 Å². The lowest BCUT2D eigenvalue weighted by atomic mass is 10.00. The van der Waals surface area contributed by atoms with Crippen molar-refractivity contribution >= 4 is 29.7 Å². The fourth-order valence-electron chi connectivity index (χ4n) is 3.07. The van der Waals surface area contributed by atoms with Gasteiger partial charge in [-0.2, -0.15) is 0 Å². The Morgan fingerprint density at radius 2 is 1.37 bits per heavy atom. The van der Waals surface area contributed by atoms with Crippen molar-refractivity contribution in [3.05, 3.63) is 30.3 Å². The van der Waals surface area contributed by atoms with Crippen LogP contribution in [-0.2, 0) is 38.1 Å². The maximum Gasteiger partial charge on any atom is 0.303 e. The monoisotopic (exact) mass is 396 g/mol. The highest BCUT2D eigenvalue weighted by Gasteiger charge is 2.60. The lowest BCUT2D eigenvalue weighted by molar-refractivity contribution is -0.250. The van der Waals surface area contributed by atoms with E-state index >= 15 is 0 Å². The Balaban J connectivity index is 1.90. The Morgan fingerprint density at radius 3 is 1.96 bits per heavy atom. The van der Waals surface area contributed by atoms with Crippen LogP contribution in [0.3, 0.4) is 0 Å². The minimum atomic E-state index is -1.05. The molecule has 2 heterocycles. The maximum absolute atomic E-state index is 11.6. The first kappa shape index (κ1) is 19.7. The largest absolute Gasteiger partial charge is 0.455 e. The molecule has 0 radical (unpaired) electrons. The van der Waals surface area contributed by atoms with Gasteiger partial charge in [-0.3, -0.25) is 14.4 Å². The van der Waals surface area contributed by atoms with Gasteiger partial charge in [-0.05, 0) is 12.1 Å². The van der Waals surface area contributed by atoms with E-state index in [-0.39, 0.29) is 0 Å². The van der Waals surface area contributed by atoms with E-state index in [0.717, 1.165) is 4.90 Å². The van der Waals surface area contributed by atoms with Crippen LogP contribution in [-0.4, -0.2) is 54.0 Å².